The maximum absolute atomic E-state index is 11.2. The minimum Gasteiger partial charge on any atom is -0.478 e. The van der Waals surface area contributed by atoms with Crippen LogP contribution in [0.4, 0.5) is 5.69 Å². The van der Waals surface area contributed by atoms with Gasteiger partial charge in [-0.2, -0.15) is 0 Å². The number of benzene rings is 1. The summed E-state index contributed by atoms with van der Waals surface area (Å²) in [6.07, 6.45) is 2.53. The summed E-state index contributed by atoms with van der Waals surface area (Å²) < 4.78 is 0. The quantitative estimate of drug-likeness (QED) is 0.842. The van der Waals surface area contributed by atoms with Crippen LogP contribution >= 0.6 is 11.6 Å². The van der Waals surface area contributed by atoms with E-state index in [1.54, 1.807) is 12.1 Å². The Bertz CT molecular complexity index is 475. The van der Waals surface area contributed by atoms with E-state index in [4.69, 9.17) is 16.7 Å². The van der Waals surface area contributed by atoms with Crippen LogP contribution in [0.2, 0.25) is 5.02 Å². The number of aromatic carboxylic acids is 1. The molecule has 2 rings (SSSR count). The highest BCUT2D eigenvalue weighted by atomic mass is 35.5. The van der Waals surface area contributed by atoms with E-state index in [-0.39, 0.29) is 5.56 Å². The molecule has 1 aromatic rings. The van der Waals surface area contributed by atoms with Gasteiger partial charge in [0.25, 0.3) is 0 Å². The van der Waals surface area contributed by atoms with Gasteiger partial charge in [-0.15, -0.1) is 0 Å². The van der Waals surface area contributed by atoms with Crippen LogP contribution < -0.4 is 5.32 Å². The number of nitrogens with one attached hydrogen (secondary N) is 1. The predicted molar refractivity (Wildman–Crippen MR) is 77.1 cm³/mol. The van der Waals surface area contributed by atoms with Crippen molar-refractivity contribution in [1.29, 1.82) is 0 Å². The Morgan fingerprint density at radius 2 is 2.26 bits per heavy atom. The second-order valence-electron chi connectivity index (χ2n) is 5.12. The molecule has 0 heterocycles. The van der Waals surface area contributed by atoms with Crippen molar-refractivity contribution in [3.05, 3.63) is 28.8 Å². The molecule has 0 aromatic heterocycles. The number of carbonyl (C=O) groups is 1. The average molecular weight is 283 g/mol. The molecule has 1 aliphatic rings. The molecular weight excluding hydrogens is 264 g/mol. The molecule has 2 N–H and O–H groups in total. The Morgan fingerprint density at radius 3 is 2.84 bits per heavy atom. The monoisotopic (exact) mass is 282 g/mol. The molecule has 0 amide bonds. The lowest BCUT2D eigenvalue weighted by atomic mass is 10.1. The van der Waals surface area contributed by atoms with Gasteiger partial charge < -0.3 is 10.4 Å². The standard InChI is InChI=1S/C14H19ClN2O2/c1-9(17(2)11-4-5-11)8-16-13-6-3-10(15)7-12(13)14(18)19/h3,6-7,9,11,16H,4-5,8H2,1-2H3,(H,18,19). The fourth-order valence-electron chi connectivity index (χ4n) is 2.09. The molecule has 1 unspecified atom stereocenters. The van der Waals surface area contributed by atoms with Gasteiger partial charge in [-0.1, -0.05) is 11.6 Å². The van der Waals surface area contributed by atoms with Gasteiger partial charge in [-0.05, 0) is 45.0 Å². The van der Waals surface area contributed by atoms with Gasteiger partial charge >= 0.3 is 5.97 Å². The van der Waals surface area contributed by atoms with E-state index >= 15 is 0 Å². The number of carboxylic acids is 1. The number of hydrogen-bond donors (Lipinski definition) is 2. The summed E-state index contributed by atoms with van der Waals surface area (Å²) in [4.78, 5) is 13.5. The van der Waals surface area contributed by atoms with E-state index in [0.717, 1.165) is 6.54 Å². The second kappa shape index (κ2) is 5.80. The van der Waals surface area contributed by atoms with Crippen LogP contribution in [-0.4, -0.2) is 41.7 Å². The summed E-state index contributed by atoms with van der Waals surface area (Å²) in [5.74, 6) is -0.965. The first-order valence-corrected chi connectivity index (χ1v) is 6.85. The molecule has 1 saturated carbocycles. The molecule has 0 radical (unpaired) electrons. The number of anilines is 1. The SMILES string of the molecule is CC(CNc1ccc(Cl)cc1C(=O)O)N(C)C1CC1. The van der Waals surface area contributed by atoms with E-state index < -0.39 is 5.97 Å². The molecule has 0 aliphatic heterocycles. The highest BCUT2D eigenvalue weighted by Gasteiger charge is 2.29. The van der Waals surface area contributed by atoms with E-state index in [1.165, 1.54) is 18.9 Å². The van der Waals surface area contributed by atoms with Crippen molar-refractivity contribution < 1.29 is 9.90 Å². The maximum atomic E-state index is 11.2. The Morgan fingerprint density at radius 1 is 1.58 bits per heavy atom. The topological polar surface area (TPSA) is 52.6 Å². The normalized spacial score (nSPS) is 16.4. The third kappa shape index (κ3) is 3.61. The molecule has 5 heteroatoms. The fourth-order valence-corrected chi connectivity index (χ4v) is 2.26. The zero-order valence-corrected chi connectivity index (χ0v) is 11.9. The van der Waals surface area contributed by atoms with Crippen LogP contribution in [-0.2, 0) is 0 Å². The molecule has 1 atom stereocenters. The smallest absolute Gasteiger partial charge is 0.337 e. The van der Waals surface area contributed by atoms with Crippen molar-refractivity contribution in [1.82, 2.24) is 4.90 Å². The van der Waals surface area contributed by atoms with Crippen molar-refractivity contribution in [2.45, 2.75) is 31.8 Å². The Balaban J connectivity index is 2.00. The molecule has 1 aromatic carbocycles. The van der Waals surface area contributed by atoms with Crippen LogP contribution in [0.5, 0.6) is 0 Å². The first-order chi connectivity index (χ1) is 8.99. The summed E-state index contributed by atoms with van der Waals surface area (Å²) >= 11 is 5.82. The highest BCUT2D eigenvalue weighted by Crippen LogP contribution is 2.27. The maximum Gasteiger partial charge on any atom is 0.337 e. The van der Waals surface area contributed by atoms with Crippen LogP contribution in [0.3, 0.4) is 0 Å². The summed E-state index contributed by atoms with van der Waals surface area (Å²) in [5.41, 5.74) is 0.835. The molecule has 1 fully saturated rings. The van der Waals surface area contributed by atoms with Crippen LogP contribution in [0, 0.1) is 0 Å². The van der Waals surface area contributed by atoms with Gasteiger partial charge in [0.1, 0.15) is 0 Å². The zero-order valence-electron chi connectivity index (χ0n) is 11.2. The molecule has 19 heavy (non-hydrogen) atoms. The van der Waals surface area contributed by atoms with Gasteiger partial charge in [-0.3, -0.25) is 4.90 Å². The third-order valence-electron chi connectivity index (χ3n) is 3.62. The van der Waals surface area contributed by atoms with Crippen molar-refractivity contribution >= 4 is 23.3 Å². The van der Waals surface area contributed by atoms with Gasteiger partial charge in [0.15, 0.2) is 0 Å². The minimum atomic E-state index is -0.965. The van der Waals surface area contributed by atoms with E-state index in [9.17, 15) is 4.79 Å². The second-order valence-corrected chi connectivity index (χ2v) is 5.56. The third-order valence-corrected chi connectivity index (χ3v) is 3.85. The van der Waals surface area contributed by atoms with Crippen molar-refractivity contribution in [3.8, 4) is 0 Å². The Hall–Kier alpha value is -1.26. The van der Waals surface area contributed by atoms with Crippen molar-refractivity contribution in [3.63, 3.8) is 0 Å². The Labute approximate surface area is 118 Å². The summed E-state index contributed by atoms with van der Waals surface area (Å²) in [5, 5.41) is 12.8. The summed E-state index contributed by atoms with van der Waals surface area (Å²) in [6, 6.07) is 5.95. The number of rotatable bonds is 6. The zero-order chi connectivity index (χ0) is 14.0. The number of carboxylic acid groups (broad SMARTS) is 1. The van der Waals surface area contributed by atoms with Crippen molar-refractivity contribution in [2.75, 3.05) is 18.9 Å². The molecule has 1 aliphatic carbocycles. The lowest BCUT2D eigenvalue weighted by Crippen LogP contribution is -2.36. The molecule has 4 nitrogen and oxygen atoms in total. The minimum absolute atomic E-state index is 0.216. The van der Waals surface area contributed by atoms with Gasteiger partial charge in [0.2, 0.25) is 0 Å². The van der Waals surface area contributed by atoms with Gasteiger partial charge in [0.05, 0.1) is 5.56 Å². The average Bonchev–Trinajstić information content (AvgIpc) is 3.20. The van der Waals surface area contributed by atoms with E-state index in [0.29, 0.717) is 22.8 Å². The number of halogens is 1. The highest BCUT2D eigenvalue weighted by molar-refractivity contribution is 6.31. The van der Waals surface area contributed by atoms with Crippen LogP contribution in [0.25, 0.3) is 0 Å². The number of hydrogen-bond acceptors (Lipinski definition) is 3. The molecule has 0 saturated heterocycles. The molecule has 0 spiro atoms. The summed E-state index contributed by atoms with van der Waals surface area (Å²) in [7, 11) is 2.12. The van der Waals surface area contributed by atoms with Crippen LogP contribution in [0.1, 0.15) is 30.1 Å². The molecular formula is C14H19ClN2O2. The fraction of sp³-hybridized carbons (Fsp3) is 0.500. The van der Waals surface area contributed by atoms with E-state index in [2.05, 4.69) is 24.2 Å². The number of nitrogens with zero attached hydrogens (tertiary/aromatic N) is 1. The number of likely N-dealkylation sites (N-methyl/N-ethyl adjacent to an activating group) is 1. The van der Waals surface area contributed by atoms with Gasteiger partial charge in [0, 0.05) is 29.3 Å². The first kappa shape index (κ1) is 14.2. The predicted octanol–water partition coefficient (Wildman–Crippen LogP) is 2.93. The van der Waals surface area contributed by atoms with Crippen LogP contribution in [0.15, 0.2) is 18.2 Å². The largest absolute Gasteiger partial charge is 0.478 e. The van der Waals surface area contributed by atoms with E-state index in [1.807, 2.05) is 0 Å². The molecule has 0 bridgehead atoms. The Kier molecular flexibility index (Phi) is 4.32. The lowest BCUT2D eigenvalue weighted by molar-refractivity contribution is 0.0698. The molecule has 104 valence electrons. The summed E-state index contributed by atoms with van der Waals surface area (Å²) in [6.45, 7) is 2.86. The van der Waals surface area contributed by atoms with Crippen molar-refractivity contribution in [2.24, 2.45) is 0 Å². The lowest BCUT2D eigenvalue weighted by Gasteiger charge is -2.25. The van der Waals surface area contributed by atoms with Gasteiger partial charge in [-0.25, -0.2) is 4.79 Å². The first-order valence-electron chi connectivity index (χ1n) is 6.47.